The summed E-state index contributed by atoms with van der Waals surface area (Å²) in [6.45, 7) is 2.04. The van der Waals surface area contributed by atoms with Gasteiger partial charge in [-0.05, 0) is 31.6 Å². The second kappa shape index (κ2) is 5.33. The molecule has 5 heteroatoms. The molecule has 5 nitrogen and oxygen atoms in total. The number of hydrogen-bond acceptors (Lipinski definition) is 3. The van der Waals surface area contributed by atoms with E-state index in [0.29, 0.717) is 24.4 Å². The zero-order valence-corrected chi connectivity index (χ0v) is 11.1. The lowest BCUT2D eigenvalue weighted by Crippen LogP contribution is -2.44. The van der Waals surface area contributed by atoms with E-state index in [0.717, 1.165) is 25.9 Å². The van der Waals surface area contributed by atoms with Crippen LogP contribution in [0.15, 0.2) is 18.7 Å². The average Bonchev–Trinajstić information content (AvgIpc) is 2.93. The third-order valence-corrected chi connectivity index (χ3v) is 4.62. The lowest BCUT2D eigenvalue weighted by atomic mass is 9.88. The van der Waals surface area contributed by atoms with Gasteiger partial charge in [-0.1, -0.05) is 0 Å². The highest BCUT2D eigenvalue weighted by atomic mass is 16.4. The number of aromatic nitrogens is 2. The Kier molecular flexibility index (Phi) is 3.55. The molecule has 1 aromatic rings. The third kappa shape index (κ3) is 2.81. The largest absolute Gasteiger partial charge is 0.481 e. The van der Waals surface area contributed by atoms with Crippen molar-refractivity contribution in [3.8, 4) is 0 Å². The third-order valence-electron chi connectivity index (χ3n) is 4.62. The van der Waals surface area contributed by atoms with E-state index >= 15 is 0 Å². The first-order valence-corrected chi connectivity index (χ1v) is 7.15. The molecular formula is C14H21N3O2. The van der Waals surface area contributed by atoms with Gasteiger partial charge in [0.15, 0.2) is 0 Å². The smallest absolute Gasteiger partial charge is 0.303 e. The fourth-order valence-electron chi connectivity index (χ4n) is 3.82. The summed E-state index contributed by atoms with van der Waals surface area (Å²) in [6, 6.07) is 1.21. The van der Waals surface area contributed by atoms with Crippen molar-refractivity contribution < 1.29 is 9.90 Å². The lowest BCUT2D eigenvalue weighted by molar-refractivity contribution is -0.138. The Balaban J connectivity index is 1.55. The summed E-state index contributed by atoms with van der Waals surface area (Å²) in [5.74, 6) is -0.254. The van der Waals surface area contributed by atoms with Crippen LogP contribution in [0.3, 0.4) is 0 Å². The number of imidazole rings is 1. The first-order valence-electron chi connectivity index (χ1n) is 7.15. The molecule has 0 amide bonds. The first kappa shape index (κ1) is 12.7. The van der Waals surface area contributed by atoms with Gasteiger partial charge in [-0.2, -0.15) is 0 Å². The molecular weight excluding hydrogens is 242 g/mol. The van der Waals surface area contributed by atoms with E-state index in [1.54, 1.807) is 0 Å². The predicted molar refractivity (Wildman–Crippen MR) is 70.7 cm³/mol. The second-order valence-electron chi connectivity index (χ2n) is 5.86. The Labute approximate surface area is 113 Å². The van der Waals surface area contributed by atoms with Gasteiger partial charge in [0.25, 0.3) is 0 Å². The van der Waals surface area contributed by atoms with Crippen LogP contribution in [0.1, 0.15) is 32.1 Å². The minimum atomic E-state index is -0.642. The molecule has 1 N–H and O–H groups in total. The van der Waals surface area contributed by atoms with Crippen LogP contribution < -0.4 is 0 Å². The van der Waals surface area contributed by atoms with E-state index < -0.39 is 5.97 Å². The van der Waals surface area contributed by atoms with Crippen molar-refractivity contribution in [2.75, 3.05) is 6.54 Å². The van der Waals surface area contributed by atoms with Gasteiger partial charge in [-0.15, -0.1) is 0 Å². The predicted octanol–water partition coefficient (Wildman–Crippen LogP) is 1.60. The molecule has 1 aromatic heterocycles. The van der Waals surface area contributed by atoms with Gasteiger partial charge in [0.2, 0.25) is 0 Å². The zero-order valence-electron chi connectivity index (χ0n) is 11.1. The molecule has 2 aliphatic rings. The molecule has 2 fully saturated rings. The number of fused-ring (bicyclic) bond motifs is 2. The van der Waals surface area contributed by atoms with Gasteiger partial charge in [-0.25, -0.2) is 4.98 Å². The van der Waals surface area contributed by atoms with E-state index in [9.17, 15) is 4.79 Å². The highest BCUT2D eigenvalue weighted by Gasteiger charge is 2.40. The Morgan fingerprint density at radius 2 is 2.00 bits per heavy atom. The van der Waals surface area contributed by atoms with Crippen LogP contribution >= 0.6 is 0 Å². The minimum Gasteiger partial charge on any atom is -0.481 e. The van der Waals surface area contributed by atoms with Crippen LogP contribution in [0.25, 0.3) is 0 Å². The lowest BCUT2D eigenvalue weighted by Gasteiger charge is -2.38. The summed E-state index contributed by atoms with van der Waals surface area (Å²) in [7, 11) is 0. The maximum absolute atomic E-state index is 10.8. The van der Waals surface area contributed by atoms with Crippen LogP contribution in [-0.2, 0) is 11.3 Å². The van der Waals surface area contributed by atoms with E-state index in [2.05, 4.69) is 14.5 Å². The molecule has 2 saturated heterocycles. The van der Waals surface area contributed by atoms with Gasteiger partial charge < -0.3 is 9.67 Å². The van der Waals surface area contributed by atoms with E-state index in [1.165, 1.54) is 12.8 Å². The quantitative estimate of drug-likeness (QED) is 0.876. The number of carboxylic acids is 1. The van der Waals surface area contributed by atoms with Crippen LogP contribution in [0.4, 0.5) is 0 Å². The van der Waals surface area contributed by atoms with Crippen molar-refractivity contribution in [2.45, 2.75) is 50.7 Å². The van der Waals surface area contributed by atoms with Crippen LogP contribution in [0, 0.1) is 5.92 Å². The molecule has 3 heterocycles. The summed E-state index contributed by atoms with van der Waals surface area (Å²) in [5.41, 5.74) is 0. The van der Waals surface area contributed by atoms with Crippen LogP contribution in [0.5, 0.6) is 0 Å². The normalized spacial score (nSPS) is 30.6. The van der Waals surface area contributed by atoms with Gasteiger partial charge >= 0.3 is 5.97 Å². The van der Waals surface area contributed by atoms with E-state index in [4.69, 9.17) is 5.11 Å². The van der Waals surface area contributed by atoms with Crippen molar-refractivity contribution in [3.05, 3.63) is 18.7 Å². The number of rotatable bonds is 5. The summed E-state index contributed by atoms with van der Waals surface area (Å²) in [4.78, 5) is 17.5. The molecule has 2 aliphatic heterocycles. The second-order valence-corrected chi connectivity index (χ2v) is 5.86. The number of piperidine rings is 1. The molecule has 0 saturated carbocycles. The molecule has 2 unspecified atom stereocenters. The molecule has 0 spiro atoms. The number of carboxylic acid groups (broad SMARTS) is 1. The Hall–Kier alpha value is -1.36. The summed E-state index contributed by atoms with van der Waals surface area (Å²) < 4.78 is 2.11. The monoisotopic (exact) mass is 263 g/mol. The summed E-state index contributed by atoms with van der Waals surface area (Å²) in [5, 5.41) is 8.93. The minimum absolute atomic E-state index is 0.350. The number of carbonyl (C=O) groups is 1. The van der Waals surface area contributed by atoms with Crippen molar-refractivity contribution >= 4 is 5.97 Å². The molecule has 2 bridgehead atoms. The van der Waals surface area contributed by atoms with Crippen molar-refractivity contribution in [2.24, 2.45) is 5.92 Å². The maximum atomic E-state index is 10.8. The molecule has 0 aromatic carbocycles. The summed E-state index contributed by atoms with van der Waals surface area (Å²) in [6.07, 6.45) is 10.6. The van der Waals surface area contributed by atoms with Crippen LogP contribution in [-0.4, -0.2) is 44.2 Å². The fraction of sp³-hybridized carbons (Fsp3) is 0.714. The fourth-order valence-corrected chi connectivity index (χ4v) is 3.82. The molecule has 0 aliphatic carbocycles. The number of aliphatic carboxylic acids is 1. The van der Waals surface area contributed by atoms with Gasteiger partial charge in [-0.3, -0.25) is 9.69 Å². The maximum Gasteiger partial charge on any atom is 0.303 e. The van der Waals surface area contributed by atoms with Crippen molar-refractivity contribution in [1.82, 2.24) is 14.5 Å². The molecule has 2 atom stereocenters. The topological polar surface area (TPSA) is 58.4 Å². The first-order chi connectivity index (χ1) is 9.22. The standard InChI is InChI=1S/C14H21N3O2/c18-14(19)9-11-7-12-1-2-13(8-11)17(12)6-5-16-4-3-15-10-16/h3-4,10-13H,1-2,5-9H2,(H,18,19). The average molecular weight is 263 g/mol. The molecule has 3 rings (SSSR count). The Morgan fingerprint density at radius 3 is 2.58 bits per heavy atom. The van der Waals surface area contributed by atoms with Crippen LogP contribution in [0.2, 0.25) is 0 Å². The highest BCUT2D eigenvalue weighted by Crippen LogP contribution is 2.39. The number of hydrogen-bond donors (Lipinski definition) is 1. The molecule has 104 valence electrons. The molecule has 0 radical (unpaired) electrons. The SMILES string of the molecule is O=C(O)CC1CC2CCC(C1)N2CCn1ccnc1. The van der Waals surface area contributed by atoms with Gasteiger partial charge in [0.1, 0.15) is 0 Å². The summed E-state index contributed by atoms with van der Waals surface area (Å²) >= 11 is 0. The van der Waals surface area contributed by atoms with Crippen molar-refractivity contribution in [3.63, 3.8) is 0 Å². The molecule has 19 heavy (non-hydrogen) atoms. The van der Waals surface area contributed by atoms with Gasteiger partial charge in [0, 0.05) is 44.0 Å². The number of nitrogens with zero attached hydrogens (tertiary/aromatic N) is 3. The van der Waals surface area contributed by atoms with E-state index in [-0.39, 0.29) is 0 Å². The highest BCUT2D eigenvalue weighted by molar-refractivity contribution is 5.67. The van der Waals surface area contributed by atoms with Crippen molar-refractivity contribution in [1.29, 1.82) is 0 Å². The Bertz CT molecular complexity index is 418. The van der Waals surface area contributed by atoms with Gasteiger partial charge in [0.05, 0.1) is 6.33 Å². The Morgan fingerprint density at radius 1 is 1.26 bits per heavy atom. The van der Waals surface area contributed by atoms with E-state index in [1.807, 2.05) is 18.7 Å². The zero-order chi connectivity index (χ0) is 13.2.